The van der Waals surface area contributed by atoms with Gasteiger partial charge in [-0.2, -0.15) is 0 Å². The Morgan fingerprint density at radius 1 is 0.970 bits per heavy atom. The second-order valence-corrected chi connectivity index (χ2v) is 8.66. The second-order valence-electron chi connectivity index (χ2n) is 8.66. The van der Waals surface area contributed by atoms with Crippen molar-refractivity contribution < 1.29 is 28.7 Å². The van der Waals surface area contributed by atoms with Crippen molar-refractivity contribution >= 4 is 23.8 Å². The Bertz CT molecular complexity index is 1110. The molecule has 0 spiro atoms. The lowest BCUT2D eigenvalue weighted by Gasteiger charge is -2.30. The third-order valence-corrected chi connectivity index (χ3v) is 5.54. The number of rotatable bonds is 4. The summed E-state index contributed by atoms with van der Waals surface area (Å²) in [6, 6.07) is 4.86. The van der Waals surface area contributed by atoms with Gasteiger partial charge in [0.05, 0.1) is 5.56 Å². The summed E-state index contributed by atoms with van der Waals surface area (Å²) in [6.45, 7) is 3.92. The van der Waals surface area contributed by atoms with Crippen molar-refractivity contribution in [1.82, 2.24) is 9.80 Å². The standard InChI is InChI=1S/C25H28N2O6/c1-15(2)16-12-13-19(20(14-16)32-23(30)26(3)4)25(33-24(31)27(5)6)21(28)17-10-8-7-9-11-18(17)22(25)29/h7-10,12-15H,11H2,1-6H3. The van der Waals surface area contributed by atoms with E-state index in [9.17, 15) is 19.2 Å². The zero-order valence-corrected chi connectivity index (χ0v) is 19.7. The molecular weight excluding hydrogens is 424 g/mol. The van der Waals surface area contributed by atoms with Crippen LogP contribution in [-0.2, 0) is 19.9 Å². The summed E-state index contributed by atoms with van der Waals surface area (Å²) in [4.78, 5) is 55.0. The summed E-state index contributed by atoms with van der Waals surface area (Å²) >= 11 is 0. The van der Waals surface area contributed by atoms with E-state index in [-0.39, 0.29) is 34.8 Å². The molecule has 174 valence electrons. The van der Waals surface area contributed by atoms with Crippen LogP contribution in [0.3, 0.4) is 0 Å². The molecule has 2 aliphatic rings. The monoisotopic (exact) mass is 452 g/mol. The first-order valence-electron chi connectivity index (χ1n) is 10.6. The number of hydrogen-bond acceptors (Lipinski definition) is 6. The van der Waals surface area contributed by atoms with Gasteiger partial charge in [-0.1, -0.05) is 44.2 Å². The van der Waals surface area contributed by atoms with Crippen LogP contribution in [0.2, 0.25) is 0 Å². The van der Waals surface area contributed by atoms with Crippen molar-refractivity contribution in [3.63, 3.8) is 0 Å². The van der Waals surface area contributed by atoms with Crippen molar-refractivity contribution in [3.05, 3.63) is 64.8 Å². The van der Waals surface area contributed by atoms with E-state index in [4.69, 9.17) is 9.47 Å². The van der Waals surface area contributed by atoms with Crippen LogP contribution in [0.25, 0.3) is 0 Å². The molecule has 1 aromatic rings. The van der Waals surface area contributed by atoms with Gasteiger partial charge in [0.15, 0.2) is 0 Å². The molecule has 0 saturated heterocycles. The average Bonchev–Trinajstić information content (AvgIpc) is 2.93. The number of hydrogen-bond donors (Lipinski definition) is 0. The highest BCUT2D eigenvalue weighted by molar-refractivity contribution is 6.32. The van der Waals surface area contributed by atoms with Crippen LogP contribution in [0.5, 0.6) is 5.75 Å². The van der Waals surface area contributed by atoms with Crippen molar-refractivity contribution in [1.29, 1.82) is 0 Å². The third kappa shape index (κ3) is 4.20. The SMILES string of the molecule is CC(C)c1ccc(C2(OC(=O)N(C)C)C(=O)C3=C(CC=CC=C3)C2=O)c(OC(=O)N(C)C)c1. The Hall–Kier alpha value is -3.68. The smallest absolute Gasteiger partial charge is 0.414 e. The van der Waals surface area contributed by atoms with Gasteiger partial charge in [0, 0.05) is 39.3 Å². The number of allylic oxidation sites excluding steroid dienone is 4. The van der Waals surface area contributed by atoms with Crippen molar-refractivity contribution in [2.24, 2.45) is 0 Å². The number of Topliss-reactive ketones (excluding diaryl/α,β-unsaturated/α-hetero) is 2. The van der Waals surface area contributed by atoms with E-state index in [0.29, 0.717) is 0 Å². The molecule has 0 aliphatic heterocycles. The molecule has 0 aromatic heterocycles. The van der Waals surface area contributed by atoms with Crippen molar-refractivity contribution in [2.45, 2.75) is 31.8 Å². The number of nitrogens with zero attached hydrogens (tertiary/aromatic N) is 2. The number of ketones is 2. The van der Waals surface area contributed by atoms with Crippen LogP contribution in [0, 0.1) is 0 Å². The third-order valence-electron chi connectivity index (χ3n) is 5.54. The van der Waals surface area contributed by atoms with Gasteiger partial charge in [-0.05, 0) is 30.0 Å². The number of amides is 2. The summed E-state index contributed by atoms with van der Waals surface area (Å²) in [7, 11) is 5.94. The molecule has 0 heterocycles. The fourth-order valence-corrected chi connectivity index (χ4v) is 3.63. The number of carbonyl (C=O) groups is 4. The number of carbonyl (C=O) groups excluding carboxylic acids is 4. The first-order valence-corrected chi connectivity index (χ1v) is 10.6. The summed E-state index contributed by atoms with van der Waals surface area (Å²) in [5, 5.41) is 0. The highest BCUT2D eigenvalue weighted by Gasteiger charge is 2.60. The van der Waals surface area contributed by atoms with E-state index >= 15 is 0 Å². The quantitative estimate of drug-likeness (QED) is 0.647. The Morgan fingerprint density at radius 2 is 1.64 bits per heavy atom. The lowest BCUT2D eigenvalue weighted by molar-refractivity contribution is -0.146. The molecule has 1 unspecified atom stereocenters. The lowest BCUT2D eigenvalue weighted by Crippen LogP contribution is -2.47. The molecule has 1 aromatic carbocycles. The predicted octanol–water partition coefficient (Wildman–Crippen LogP) is 3.73. The lowest BCUT2D eigenvalue weighted by atomic mass is 9.84. The molecule has 1 atom stereocenters. The van der Waals surface area contributed by atoms with Crippen LogP contribution in [0.4, 0.5) is 9.59 Å². The summed E-state index contributed by atoms with van der Waals surface area (Å²) in [6.07, 6.45) is 5.35. The molecule has 0 radical (unpaired) electrons. The van der Waals surface area contributed by atoms with E-state index in [1.54, 1.807) is 30.4 Å². The van der Waals surface area contributed by atoms with Gasteiger partial charge in [0.1, 0.15) is 5.75 Å². The minimum absolute atomic E-state index is 0.00895. The van der Waals surface area contributed by atoms with Crippen LogP contribution in [-0.4, -0.2) is 61.7 Å². The Balaban J connectivity index is 2.27. The molecule has 3 rings (SSSR count). The second kappa shape index (κ2) is 9.05. The van der Waals surface area contributed by atoms with Gasteiger partial charge < -0.3 is 19.3 Å². The van der Waals surface area contributed by atoms with Crippen LogP contribution < -0.4 is 4.74 Å². The molecule has 33 heavy (non-hydrogen) atoms. The molecule has 0 fully saturated rings. The summed E-state index contributed by atoms with van der Waals surface area (Å²) in [5.74, 6) is -1.25. The van der Waals surface area contributed by atoms with E-state index in [1.165, 1.54) is 45.2 Å². The van der Waals surface area contributed by atoms with E-state index < -0.39 is 29.4 Å². The zero-order valence-electron chi connectivity index (χ0n) is 19.7. The normalized spacial score (nSPS) is 19.5. The van der Waals surface area contributed by atoms with Gasteiger partial charge in [0.2, 0.25) is 11.6 Å². The number of benzene rings is 1. The Morgan fingerprint density at radius 3 is 2.24 bits per heavy atom. The average molecular weight is 453 g/mol. The maximum atomic E-state index is 13.8. The molecule has 0 bridgehead atoms. The van der Waals surface area contributed by atoms with Gasteiger partial charge in [-0.3, -0.25) is 9.59 Å². The molecule has 8 nitrogen and oxygen atoms in total. The summed E-state index contributed by atoms with van der Waals surface area (Å²) < 4.78 is 11.2. The highest BCUT2D eigenvalue weighted by Crippen LogP contribution is 2.46. The van der Waals surface area contributed by atoms with E-state index in [1.807, 2.05) is 13.8 Å². The topological polar surface area (TPSA) is 93.2 Å². The first kappa shape index (κ1) is 24.0. The van der Waals surface area contributed by atoms with Gasteiger partial charge in [0.25, 0.3) is 5.60 Å². The largest absolute Gasteiger partial charge is 0.421 e. The summed E-state index contributed by atoms with van der Waals surface area (Å²) in [5.41, 5.74) is -1.04. The maximum Gasteiger partial charge on any atom is 0.414 e. The molecule has 2 amide bonds. The maximum absolute atomic E-state index is 13.8. The Labute approximate surface area is 193 Å². The minimum atomic E-state index is -2.29. The molecule has 0 saturated carbocycles. The number of ether oxygens (including phenoxy) is 2. The van der Waals surface area contributed by atoms with Crippen molar-refractivity contribution in [3.8, 4) is 5.75 Å². The van der Waals surface area contributed by atoms with E-state index in [0.717, 1.165) is 10.5 Å². The van der Waals surface area contributed by atoms with Crippen molar-refractivity contribution in [2.75, 3.05) is 28.2 Å². The zero-order chi connectivity index (χ0) is 24.5. The van der Waals surface area contributed by atoms with Gasteiger partial charge in [-0.25, -0.2) is 9.59 Å². The van der Waals surface area contributed by atoms with Gasteiger partial charge >= 0.3 is 12.2 Å². The van der Waals surface area contributed by atoms with Crippen LogP contribution in [0.1, 0.15) is 37.3 Å². The van der Waals surface area contributed by atoms with Crippen LogP contribution >= 0.6 is 0 Å². The fourth-order valence-electron chi connectivity index (χ4n) is 3.63. The molecular formula is C25H28N2O6. The first-order chi connectivity index (χ1) is 15.5. The fraction of sp³-hybridized carbons (Fsp3) is 0.360. The Kier molecular flexibility index (Phi) is 6.58. The predicted molar refractivity (Wildman–Crippen MR) is 122 cm³/mol. The molecule has 8 heteroatoms. The molecule has 2 aliphatic carbocycles. The van der Waals surface area contributed by atoms with Crippen LogP contribution in [0.15, 0.2) is 53.6 Å². The highest BCUT2D eigenvalue weighted by atomic mass is 16.6. The van der Waals surface area contributed by atoms with E-state index in [2.05, 4.69) is 0 Å². The minimum Gasteiger partial charge on any atom is -0.421 e. The van der Waals surface area contributed by atoms with Gasteiger partial charge in [-0.15, -0.1) is 0 Å². The molecule has 0 N–H and O–H groups in total.